The number of fused-ring (bicyclic) bond motifs is 1. The van der Waals surface area contributed by atoms with Crippen molar-refractivity contribution in [1.29, 1.82) is 0 Å². The van der Waals surface area contributed by atoms with Crippen LogP contribution in [0.25, 0.3) is 10.9 Å². The maximum atomic E-state index is 14.7. The van der Waals surface area contributed by atoms with Gasteiger partial charge in [-0.15, -0.1) is 13.2 Å². The zero-order valence-corrected chi connectivity index (χ0v) is 19.5. The highest BCUT2D eigenvalue weighted by molar-refractivity contribution is 5.96. The Morgan fingerprint density at radius 1 is 1.15 bits per heavy atom. The van der Waals surface area contributed by atoms with Crippen molar-refractivity contribution in [2.24, 2.45) is 7.05 Å². The summed E-state index contributed by atoms with van der Waals surface area (Å²) in [5, 5.41) is 7.85. The van der Waals surface area contributed by atoms with Gasteiger partial charge in [-0.2, -0.15) is 5.10 Å². The Hall–Kier alpha value is -3.32. The number of amides is 1. The van der Waals surface area contributed by atoms with Crippen molar-refractivity contribution in [2.75, 3.05) is 18.4 Å². The van der Waals surface area contributed by atoms with Crippen molar-refractivity contribution < 1.29 is 13.6 Å². The van der Waals surface area contributed by atoms with E-state index in [-0.39, 0.29) is 11.3 Å². The number of carbonyl (C=O) groups is 1. The minimum absolute atomic E-state index is 0.0148. The number of hydrogen-bond donors (Lipinski definition) is 1. The second-order valence-corrected chi connectivity index (χ2v) is 9.07. The summed E-state index contributed by atoms with van der Waals surface area (Å²) in [6.45, 7) is 13.6. The van der Waals surface area contributed by atoms with Crippen molar-refractivity contribution in [3.63, 3.8) is 0 Å². The Balaban J connectivity index is 2.02. The average Bonchev–Trinajstić information content (AvgIpc) is 3.07. The van der Waals surface area contributed by atoms with Crippen LogP contribution in [0.4, 0.5) is 14.5 Å². The standard InChI is InChI=1S/C26H30F2N4O/c1-7-11-32(12-8-2)24(17-9-10-22-18(13-17)16-29-31(22)6)25(33)30-19-14-20(27)23(21(28)15-19)26(3,4)5/h7-10,13-16,24H,1-2,11-12H2,3-6H3,(H,30,33). The molecule has 174 valence electrons. The monoisotopic (exact) mass is 452 g/mol. The van der Waals surface area contributed by atoms with Crippen LogP contribution in [0.2, 0.25) is 0 Å². The smallest absolute Gasteiger partial charge is 0.246 e. The van der Waals surface area contributed by atoms with E-state index in [1.54, 1.807) is 43.8 Å². The molecule has 3 rings (SSSR count). The Bertz CT molecular complexity index is 1160. The Labute approximate surface area is 193 Å². The fourth-order valence-electron chi connectivity index (χ4n) is 4.07. The summed E-state index contributed by atoms with van der Waals surface area (Å²) in [5.74, 6) is -1.80. The van der Waals surface area contributed by atoms with Gasteiger partial charge in [0, 0.05) is 36.8 Å². The summed E-state index contributed by atoms with van der Waals surface area (Å²) < 4.78 is 31.2. The first kappa shape index (κ1) is 24.3. The molecule has 1 amide bonds. The zero-order chi connectivity index (χ0) is 24.3. The summed E-state index contributed by atoms with van der Waals surface area (Å²) >= 11 is 0. The molecular weight excluding hydrogens is 422 g/mol. The van der Waals surface area contributed by atoms with Gasteiger partial charge < -0.3 is 5.32 Å². The van der Waals surface area contributed by atoms with E-state index in [1.807, 2.05) is 30.1 Å². The molecule has 0 saturated heterocycles. The van der Waals surface area contributed by atoms with Crippen molar-refractivity contribution in [2.45, 2.75) is 32.2 Å². The third kappa shape index (κ3) is 5.20. The number of aromatic nitrogens is 2. The van der Waals surface area contributed by atoms with Gasteiger partial charge in [0.25, 0.3) is 0 Å². The van der Waals surface area contributed by atoms with E-state index in [2.05, 4.69) is 23.6 Å². The van der Waals surface area contributed by atoms with Crippen molar-refractivity contribution in [3.05, 3.63) is 84.6 Å². The van der Waals surface area contributed by atoms with Crippen LogP contribution in [0, 0.1) is 11.6 Å². The van der Waals surface area contributed by atoms with E-state index in [0.717, 1.165) is 28.6 Å². The van der Waals surface area contributed by atoms with E-state index in [1.165, 1.54) is 0 Å². The van der Waals surface area contributed by atoms with Crippen molar-refractivity contribution >= 4 is 22.5 Å². The first-order valence-corrected chi connectivity index (χ1v) is 10.7. The van der Waals surface area contributed by atoms with E-state index < -0.39 is 29.0 Å². The van der Waals surface area contributed by atoms with Crippen LogP contribution < -0.4 is 5.32 Å². The van der Waals surface area contributed by atoms with Gasteiger partial charge in [-0.3, -0.25) is 14.4 Å². The van der Waals surface area contributed by atoms with Gasteiger partial charge in [0.2, 0.25) is 5.91 Å². The number of nitrogens with zero attached hydrogens (tertiary/aromatic N) is 3. The molecule has 7 heteroatoms. The largest absolute Gasteiger partial charge is 0.324 e. The van der Waals surface area contributed by atoms with Crippen LogP contribution in [-0.2, 0) is 17.3 Å². The molecule has 0 aliphatic carbocycles. The highest BCUT2D eigenvalue weighted by Gasteiger charge is 2.29. The van der Waals surface area contributed by atoms with Gasteiger partial charge in [-0.1, -0.05) is 39.0 Å². The Morgan fingerprint density at radius 3 is 2.30 bits per heavy atom. The number of rotatable bonds is 8. The lowest BCUT2D eigenvalue weighted by Crippen LogP contribution is -2.37. The molecule has 1 aromatic heterocycles. The fraction of sp³-hybridized carbons (Fsp3) is 0.308. The predicted molar refractivity (Wildman–Crippen MR) is 129 cm³/mol. The third-order valence-electron chi connectivity index (χ3n) is 5.49. The van der Waals surface area contributed by atoms with Gasteiger partial charge in [0.05, 0.1) is 11.7 Å². The average molecular weight is 453 g/mol. The third-order valence-corrected chi connectivity index (χ3v) is 5.49. The van der Waals surface area contributed by atoms with E-state index in [4.69, 9.17) is 0 Å². The van der Waals surface area contributed by atoms with E-state index >= 15 is 0 Å². The first-order valence-electron chi connectivity index (χ1n) is 10.7. The summed E-state index contributed by atoms with van der Waals surface area (Å²) in [6, 6.07) is 7.24. The predicted octanol–water partition coefficient (Wildman–Crippen LogP) is 5.50. The molecule has 0 radical (unpaired) electrons. The van der Waals surface area contributed by atoms with Crippen LogP contribution in [0.3, 0.4) is 0 Å². The molecule has 0 aliphatic heterocycles. The normalized spacial score (nSPS) is 12.7. The van der Waals surface area contributed by atoms with Crippen LogP contribution in [-0.4, -0.2) is 33.7 Å². The number of benzene rings is 2. The molecule has 2 aromatic carbocycles. The van der Waals surface area contributed by atoms with Crippen molar-refractivity contribution in [1.82, 2.24) is 14.7 Å². The SMILES string of the molecule is C=CCN(CC=C)C(C(=O)Nc1cc(F)c(C(C)(C)C)c(F)c1)c1ccc2c(cnn2C)c1. The second-order valence-electron chi connectivity index (χ2n) is 9.07. The van der Waals surface area contributed by atoms with Gasteiger partial charge in [0.1, 0.15) is 17.7 Å². The summed E-state index contributed by atoms with van der Waals surface area (Å²) in [5.41, 5.74) is 0.998. The Kier molecular flexibility index (Phi) is 7.12. The van der Waals surface area contributed by atoms with Gasteiger partial charge >= 0.3 is 0 Å². The molecule has 0 aliphatic rings. The second kappa shape index (κ2) is 9.67. The maximum absolute atomic E-state index is 14.7. The van der Waals surface area contributed by atoms with E-state index in [0.29, 0.717) is 13.1 Å². The zero-order valence-electron chi connectivity index (χ0n) is 19.5. The fourth-order valence-corrected chi connectivity index (χ4v) is 4.07. The molecule has 1 atom stereocenters. The molecule has 0 fully saturated rings. The quantitative estimate of drug-likeness (QED) is 0.459. The lowest BCUT2D eigenvalue weighted by atomic mass is 9.86. The van der Waals surface area contributed by atoms with Crippen LogP contribution in [0.1, 0.15) is 37.9 Å². The highest BCUT2D eigenvalue weighted by atomic mass is 19.1. The number of anilines is 1. The lowest BCUT2D eigenvalue weighted by molar-refractivity contribution is -0.121. The molecule has 33 heavy (non-hydrogen) atoms. The van der Waals surface area contributed by atoms with Crippen LogP contribution >= 0.6 is 0 Å². The molecule has 1 unspecified atom stereocenters. The molecule has 0 bridgehead atoms. The summed E-state index contributed by atoms with van der Waals surface area (Å²) in [4.78, 5) is 15.3. The number of hydrogen-bond acceptors (Lipinski definition) is 3. The first-order chi connectivity index (χ1) is 15.6. The van der Waals surface area contributed by atoms with Gasteiger partial charge in [-0.25, -0.2) is 8.78 Å². The molecule has 3 aromatic rings. The minimum atomic E-state index is -0.737. The molecule has 0 spiro atoms. The van der Waals surface area contributed by atoms with E-state index in [9.17, 15) is 13.6 Å². The number of nitrogens with one attached hydrogen (secondary N) is 1. The summed E-state index contributed by atoms with van der Waals surface area (Å²) in [6.07, 6.45) is 5.13. The molecule has 1 heterocycles. The molecule has 5 nitrogen and oxygen atoms in total. The maximum Gasteiger partial charge on any atom is 0.246 e. The highest BCUT2D eigenvalue weighted by Crippen LogP contribution is 2.31. The van der Waals surface area contributed by atoms with Gasteiger partial charge in [0.15, 0.2) is 0 Å². The molecular formula is C26H30F2N4O. The topological polar surface area (TPSA) is 50.2 Å². The van der Waals surface area contributed by atoms with Crippen LogP contribution in [0.5, 0.6) is 0 Å². The van der Waals surface area contributed by atoms with Crippen molar-refractivity contribution in [3.8, 4) is 0 Å². The summed E-state index contributed by atoms with van der Waals surface area (Å²) in [7, 11) is 1.85. The minimum Gasteiger partial charge on any atom is -0.324 e. The number of aryl methyl sites for hydroxylation is 1. The lowest BCUT2D eigenvalue weighted by Gasteiger charge is -2.29. The van der Waals surface area contributed by atoms with Gasteiger partial charge in [-0.05, 0) is 35.2 Å². The van der Waals surface area contributed by atoms with Crippen LogP contribution in [0.15, 0.2) is 61.8 Å². The number of halogens is 2. The molecule has 0 saturated carbocycles. The number of carbonyl (C=O) groups excluding carboxylic acids is 1. The Morgan fingerprint density at radius 2 is 1.76 bits per heavy atom. The molecule has 1 N–H and O–H groups in total.